The van der Waals surface area contributed by atoms with Crippen LogP contribution < -0.4 is 0 Å². The molecule has 4 rings (SSSR count). The molecular weight excluding hydrogens is 560 g/mol. The second-order valence-electron chi connectivity index (χ2n) is 6.38. The van der Waals surface area contributed by atoms with Crippen molar-refractivity contribution in [1.82, 2.24) is 0 Å². The smallest absolute Gasteiger partial charge is 0.476 e. The summed E-state index contributed by atoms with van der Waals surface area (Å²) in [6.07, 6.45) is 0.0833. The van der Waals surface area contributed by atoms with Crippen molar-refractivity contribution in [2.75, 3.05) is 26.3 Å². The predicted molar refractivity (Wildman–Crippen MR) is 114 cm³/mol. The Morgan fingerprint density at radius 1 is 0.733 bits per heavy atom. The van der Waals surface area contributed by atoms with Crippen molar-refractivity contribution in [3.05, 3.63) is 71.8 Å². The average Bonchev–Trinajstić information content (AvgIpc) is 3.44. The maximum Gasteiger partial charge on any atom is 3.00 e. The zero-order valence-electron chi connectivity index (χ0n) is 17.2. The molecule has 0 saturated heterocycles. The molecule has 0 spiro atoms. The number of ketones is 2. The van der Waals surface area contributed by atoms with Crippen LogP contribution in [0.5, 0.6) is 0 Å². The van der Waals surface area contributed by atoms with E-state index < -0.39 is 0 Å². The van der Waals surface area contributed by atoms with Gasteiger partial charge < -0.3 is 9.47 Å². The van der Waals surface area contributed by atoms with Gasteiger partial charge >= 0.3 is 20.1 Å². The van der Waals surface area contributed by atoms with Crippen molar-refractivity contribution in [3.8, 4) is 0 Å². The van der Waals surface area contributed by atoms with Crippen molar-refractivity contribution in [1.29, 1.82) is 0 Å². The summed E-state index contributed by atoms with van der Waals surface area (Å²) < 4.78 is 10.6. The number of carbonyl (C=O) groups is 2. The van der Waals surface area contributed by atoms with E-state index in [1.165, 1.54) is 13.8 Å². The molecule has 2 aliphatic rings. The van der Waals surface area contributed by atoms with Crippen LogP contribution in [-0.4, -0.2) is 49.7 Å². The largest absolute Gasteiger partial charge is 3.00 e. The molecule has 0 aromatic heterocycles. The summed E-state index contributed by atoms with van der Waals surface area (Å²) in [4.78, 5) is 28.5. The number of Topliss-reactive ketones (excluding diaryl/α,β-unsaturated/α-hetero) is 2. The van der Waals surface area contributed by atoms with Crippen molar-refractivity contribution in [3.63, 3.8) is 0 Å². The second kappa shape index (κ2) is 14.4. The number of carbonyl (C=O) groups excluding carboxylic acids is 2. The first-order valence-corrected chi connectivity index (χ1v) is 9.50. The zero-order valence-corrected chi connectivity index (χ0v) is 19.6. The molecule has 30 heavy (non-hydrogen) atoms. The molecule has 0 N–H and O–H groups in total. The Morgan fingerprint density at radius 3 is 1.33 bits per heavy atom. The molecular formula is C23H26IrN2O4+3. The van der Waals surface area contributed by atoms with E-state index in [-0.39, 0.29) is 38.1 Å². The Hall–Kier alpha value is -2.63. The van der Waals surface area contributed by atoms with Gasteiger partial charge in [0, 0.05) is 11.1 Å². The fraction of sp³-hybridized carbons (Fsp3) is 0.304. The van der Waals surface area contributed by atoms with Gasteiger partial charge in [0.1, 0.15) is 24.8 Å². The summed E-state index contributed by atoms with van der Waals surface area (Å²) in [6, 6.07) is 19.9. The number of benzene rings is 2. The maximum atomic E-state index is 10.0. The minimum atomic E-state index is -0.0625. The van der Waals surface area contributed by atoms with E-state index in [0.29, 0.717) is 0 Å². The summed E-state index contributed by atoms with van der Waals surface area (Å²) in [5.41, 5.74) is 2.15. The Kier molecular flexibility index (Phi) is 12.2. The standard InChI is InChI=1S/2C9H9NO.C5H8O2.Ir/c2*1-2-4-8(5-3-1)9-10-6-7-11-9;1-4(6)3-5(2)7;/h2*1-5H,6-7H2;3H2,1-2H3;/q;;;+3. The van der Waals surface area contributed by atoms with Gasteiger partial charge in [0.15, 0.2) is 0 Å². The quantitative estimate of drug-likeness (QED) is 0.515. The fourth-order valence-corrected chi connectivity index (χ4v) is 2.53. The van der Waals surface area contributed by atoms with Crippen LogP contribution in [0.25, 0.3) is 0 Å². The van der Waals surface area contributed by atoms with E-state index in [2.05, 4.69) is 9.98 Å². The number of nitrogens with zero attached hydrogens (tertiary/aromatic N) is 2. The molecule has 0 bridgehead atoms. The van der Waals surface area contributed by atoms with Crippen LogP contribution in [0.4, 0.5) is 0 Å². The van der Waals surface area contributed by atoms with E-state index in [1.54, 1.807) is 0 Å². The normalized spacial score (nSPS) is 13.5. The summed E-state index contributed by atoms with van der Waals surface area (Å²) >= 11 is 0. The molecule has 158 valence electrons. The van der Waals surface area contributed by atoms with E-state index in [0.717, 1.165) is 49.2 Å². The summed E-state index contributed by atoms with van der Waals surface area (Å²) in [5.74, 6) is 1.44. The van der Waals surface area contributed by atoms with Crippen LogP contribution >= 0.6 is 0 Å². The minimum absolute atomic E-state index is 0. The van der Waals surface area contributed by atoms with Crippen molar-refractivity contribution in [2.24, 2.45) is 9.98 Å². The Bertz CT molecular complexity index is 781. The number of rotatable bonds is 4. The Balaban J connectivity index is 0.000000229. The third-order valence-corrected chi connectivity index (χ3v) is 3.71. The van der Waals surface area contributed by atoms with Crippen molar-refractivity contribution in [2.45, 2.75) is 20.3 Å². The van der Waals surface area contributed by atoms with Gasteiger partial charge in [-0.25, -0.2) is 9.98 Å². The van der Waals surface area contributed by atoms with E-state index in [4.69, 9.17) is 9.47 Å². The van der Waals surface area contributed by atoms with Gasteiger partial charge in [0.2, 0.25) is 11.8 Å². The molecule has 2 heterocycles. The molecule has 0 amide bonds. The first-order chi connectivity index (χ1) is 14.1. The first-order valence-electron chi connectivity index (χ1n) is 9.50. The predicted octanol–water partition coefficient (Wildman–Crippen LogP) is 3.48. The number of aliphatic imine (C=N–C) groups is 2. The summed E-state index contributed by atoms with van der Waals surface area (Å²) in [6.45, 7) is 5.85. The van der Waals surface area contributed by atoms with Crippen LogP contribution in [0, 0.1) is 0 Å². The Morgan fingerprint density at radius 2 is 1.10 bits per heavy atom. The minimum Gasteiger partial charge on any atom is -0.476 e. The van der Waals surface area contributed by atoms with Gasteiger partial charge in [-0.2, -0.15) is 0 Å². The molecule has 0 saturated carbocycles. The molecule has 0 fully saturated rings. The molecule has 0 atom stereocenters. The summed E-state index contributed by atoms with van der Waals surface area (Å²) in [5, 5.41) is 0. The number of hydrogen-bond acceptors (Lipinski definition) is 6. The molecule has 2 aliphatic heterocycles. The monoisotopic (exact) mass is 587 g/mol. The van der Waals surface area contributed by atoms with Crippen molar-refractivity contribution >= 4 is 23.4 Å². The van der Waals surface area contributed by atoms with Crippen LogP contribution in [0.2, 0.25) is 0 Å². The van der Waals surface area contributed by atoms with Crippen LogP contribution in [0.1, 0.15) is 31.4 Å². The van der Waals surface area contributed by atoms with E-state index >= 15 is 0 Å². The molecule has 0 aliphatic carbocycles. The molecule has 0 unspecified atom stereocenters. The van der Waals surface area contributed by atoms with E-state index in [1.807, 2.05) is 60.7 Å². The third-order valence-electron chi connectivity index (χ3n) is 3.71. The molecule has 2 aromatic rings. The third kappa shape index (κ3) is 9.72. The number of ether oxygens (including phenoxy) is 2. The van der Waals surface area contributed by atoms with Crippen molar-refractivity contribution < 1.29 is 39.2 Å². The van der Waals surface area contributed by atoms with Gasteiger partial charge in [0.25, 0.3) is 0 Å². The van der Waals surface area contributed by atoms with Crippen LogP contribution in [0.15, 0.2) is 70.6 Å². The van der Waals surface area contributed by atoms with Gasteiger partial charge in [-0.1, -0.05) is 36.4 Å². The topological polar surface area (TPSA) is 77.3 Å². The molecule has 6 nitrogen and oxygen atoms in total. The van der Waals surface area contributed by atoms with Crippen LogP contribution in [0.3, 0.4) is 0 Å². The Labute approximate surface area is 190 Å². The molecule has 7 heteroatoms. The van der Waals surface area contributed by atoms with Gasteiger partial charge in [-0.05, 0) is 38.1 Å². The SMILES string of the molecule is CC(=O)CC(C)=O.[Ir+3].c1ccc(C2=NCCO2)cc1.c1ccc(C2=NCCO2)cc1. The van der Waals surface area contributed by atoms with Crippen LogP contribution in [-0.2, 0) is 39.2 Å². The summed E-state index contributed by atoms with van der Waals surface area (Å²) in [7, 11) is 0. The van der Waals surface area contributed by atoms with Gasteiger partial charge in [0.05, 0.1) is 19.5 Å². The molecule has 2 aromatic carbocycles. The average molecular weight is 587 g/mol. The number of hydrogen-bond donors (Lipinski definition) is 0. The van der Waals surface area contributed by atoms with E-state index in [9.17, 15) is 9.59 Å². The van der Waals surface area contributed by atoms with Gasteiger partial charge in [-0.15, -0.1) is 0 Å². The maximum absolute atomic E-state index is 10.0. The fourth-order valence-electron chi connectivity index (χ4n) is 2.53. The van der Waals surface area contributed by atoms with Gasteiger partial charge in [-0.3, -0.25) is 9.59 Å². The molecule has 0 radical (unpaired) electrons. The first kappa shape index (κ1) is 25.4. The zero-order chi connectivity index (χ0) is 20.9. The second-order valence-corrected chi connectivity index (χ2v) is 6.38.